The summed E-state index contributed by atoms with van der Waals surface area (Å²) in [5.41, 5.74) is 1.55. The van der Waals surface area contributed by atoms with Crippen LogP contribution in [0, 0.1) is 12.7 Å². The first kappa shape index (κ1) is 15.3. The molecule has 0 aliphatic carbocycles. The van der Waals surface area contributed by atoms with Crippen LogP contribution in [-0.2, 0) is 10.3 Å². The van der Waals surface area contributed by atoms with Crippen LogP contribution in [0.3, 0.4) is 0 Å². The van der Waals surface area contributed by atoms with E-state index >= 15 is 0 Å². The molecule has 1 heterocycles. The third-order valence-corrected chi connectivity index (χ3v) is 4.16. The van der Waals surface area contributed by atoms with Gasteiger partial charge in [-0.1, -0.05) is 23.2 Å². The van der Waals surface area contributed by atoms with E-state index in [4.69, 9.17) is 27.9 Å². The highest BCUT2D eigenvalue weighted by atomic mass is 35.5. The molecule has 1 aliphatic heterocycles. The molecule has 22 heavy (non-hydrogen) atoms. The fourth-order valence-electron chi connectivity index (χ4n) is 2.44. The van der Waals surface area contributed by atoms with Gasteiger partial charge in [0.1, 0.15) is 5.82 Å². The molecule has 0 bridgehead atoms. The molecule has 0 radical (unpaired) electrons. The van der Waals surface area contributed by atoms with E-state index in [2.05, 4.69) is 4.99 Å². The highest BCUT2D eigenvalue weighted by molar-refractivity contribution is 6.34. The average molecular weight is 338 g/mol. The summed E-state index contributed by atoms with van der Waals surface area (Å²) in [5, 5.41) is 1.11. The average Bonchev–Trinajstić information content (AvgIpc) is 2.85. The van der Waals surface area contributed by atoms with Crippen LogP contribution in [0.4, 0.5) is 4.39 Å². The lowest BCUT2D eigenvalue weighted by molar-refractivity contribution is 0.108. The van der Waals surface area contributed by atoms with Crippen LogP contribution in [0.25, 0.3) is 0 Å². The molecule has 2 aromatic carbocycles. The number of rotatable bonds is 2. The third-order valence-electron chi connectivity index (χ3n) is 3.72. The molecule has 0 saturated carbocycles. The minimum Gasteiger partial charge on any atom is -0.464 e. The van der Waals surface area contributed by atoms with Gasteiger partial charge in [-0.15, -0.1) is 0 Å². The van der Waals surface area contributed by atoms with E-state index in [0.29, 0.717) is 28.1 Å². The summed E-state index contributed by atoms with van der Waals surface area (Å²) in [6.45, 7) is 4.10. The molecule has 0 amide bonds. The Morgan fingerprint density at radius 3 is 2.45 bits per heavy atom. The second-order valence-electron chi connectivity index (χ2n) is 5.58. The first-order valence-corrected chi connectivity index (χ1v) is 7.59. The van der Waals surface area contributed by atoms with Gasteiger partial charge < -0.3 is 4.74 Å². The van der Waals surface area contributed by atoms with Crippen molar-refractivity contribution in [3.63, 3.8) is 0 Å². The van der Waals surface area contributed by atoms with Crippen molar-refractivity contribution >= 4 is 29.1 Å². The van der Waals surface area contributed by atoms with Gasteiger partial charge in [0.05, 0.1) is 6.54 Å². The fraction of sp³-hybridized carbons (Fsp3) is 0.235. The van der Waals surface area contributed by atoms with E-state index in [-0.39, 0.29) is 5.82 Å². The van der Waals surface area contributed by atoms with Crippen LogP contribution < -0.4 is 0 Å². The first-order chi connectivity index (χ1) is 10.4. The van der Waals surface area contributed by atoms with Gasteiger partial charge in [0.15, 0.2) is 5.60 Å². The lowest BCUT2D eigenvalue weighted by Crippen LogP contribution is -2.26. The van der Waals surface area contributed by atoms with Gasteiger partial charge in [-0.25, -0.2) is 9.38 Å². The molecule has 3 rings (SSSR count). The summed E-state index contributed by atoms with van der Waals surface area (Å²) >= 11 is 12.1. The molecular formula is C17H14Cl2FNO. The van der Waals surface area contributed by atoms with Gasteiger partial charge in [-0.3, -0.25) is 0 Å². The minimum atomic E-state index is -0.633. The molecule has 0 aromatic heterocycles. The van der Waals surface area contributed by atoms with Crippen LogP contribution in [-0.4, -0.2) is 12.4 Å². The molecular weight excluding hydrogens is 324 g/mol. The Bertz CT molecular complexity index is 755. The lowest BCUT2D eigenvalue weighted by atomic mass is 9.96. The molecule has 0 N–H and O–H groups in total. The van der Waals surface area contributed by atoms with Crippen LogP contribution >= 0.6 is 23.2 Å². The van der Waals surface area contributed by atoms with Gasteiger partial charge in [0.2, 0.25) is 5.90 Å². The molecule has 1 aliphatic rings. The molecule has 5 heteroatoms. The zero-order valence-electron chi connectivity index (χ0n) is 12.2. The Morgan fingerprint density at radius 2 is 1.82 bits per heavy atom. The Balaban J connectivity index is 1.90. The van der Waals surface area contributed by atoms with Gasteiger partial charge in [-0.05, 0) is 61.4 Å². The predicted octanol–water partition coefficient (Wildman–Crippen LogP) is 5.13. The third kappa shape index (κ3) is 2.83. The standard InChI is InChI=1S/C17H14Cl2FNO/c1-10-5-11(3-4-15(10)20)16-21-9-17(2,22-16)12-6-13(18)8-14(19)7-12/h3-8H,9H2,1-2H3. The Kier molecular flexibility index (Phi) is 3.87. The summed E-state index contributed by atoms with van der Waals surface area (Å²) in [5.74, 6) is 0.258. The molecule has 0 spiro atoms. The zero-order valence-corrected chi connectivity index (χ0v) is 13.7. The van der Waals surface area contributed by atoms with Crippen LogP contribution in [0.5, 0.6) is 0 Å². The summed E-state index contributed by atoms with van der Waals surface area (Å²) in [6.07, 6.45) is 0. The topological polar surface area (TPSA) is 21.6 Å². The van der Waals surface area contributed by atoms with Crippen molar-refractivity contribution in [3.8, 4) is 0 Å². The van der Waals surface area contributed by atoms with Crippen LogP contribution in [0.2, 0.25) is 10.0 Å². The number of halogens is 3. The van der Waals surface area contributed by atoms with E-state index in [0.717, 1.165) is 11.1 Å². The second-order valence-corrected chi connectivity index (χ2v) is 6.45. The van der Waals surface area contributed by atoms with Gasteiger partial charge in [-0.2, -0.15) is 0 Å². The molecule has 0 saturated heterocycles. The summed E-state index contributed by atoms with van der Waals surface area (Å²) in [4.78, 5) is 4.45. The van der Waals surface area contributed by atoms with E-state index < -0.39 is 5.60 Å². The van der Waals surface area contributed by atoms with Crippen LogP contribution in [0.1, 0.15) is 23.6 Å². The van der Waals surface area contributed by atoms with Gasteiger partial charge >= 0.3 is 0 Å². The smallest absolute Gasteiger partial charge is 0.217 e. The normalized spacial score (nSPS) is 20.7. The number of aryl methyl sites for hydroxylation is 1. The van der Waals surface area contributed by atoms with Crippen molar-refractivity contribution in [2.75, 3.05) is 6.54 Å². The number of nitrogens with zero attached hydrogens (tertiary/aromatic N) is 1. The number of hydrogen-bond acceptors (Lipinski definition) is 2. The zero-order chi connectivity index (χ0) is 15.9. The van der Waals surface area contributed by atoms with Gasteiger partial charge in [0.25, 0.3) is 0 Å². The molecule has 2 nitrogen and oxygen atoms in total. The Morgan fingerprint density at radius 1 is 1.14 bits per heavy atom. The molecule has 0 fully saturated rings. The maximum absolute atomic E-state index is 13.4. The van der Waals surface area contributed by atoms with Crippen LogP contribution in [0.15, 0.2) is 41.4 Å². The van der Waals surface area contributed by atoms with E-state index in [9.17, 15) is 4.39 Å². The Hall–Kier alpha value is -1.58. The van der Waals surface area contributed by atoms with Crippen molar-refractivity contribution in [3.05, 3.63) is 69.0 Å². The van der Waals surface area contributed by atoms with E-state index in [1.54, 1.807) is 25.1 Å². The SMILES string of the molecule is Cc1cc(C2=NCC(C)(c3cc(Cl)cc(Cl)c3)O2)ccc1F. The number of benzene rings is 2. The molecule has 1 unspecified atom stereocenters. The number of aliphatic imine (C=N–C) groups is 1. The lowest BCUT2D eigenvalue weighted by Gasteiger charge is -2.24. The second kappa shape index (κ2) is 5.56. The first-order valence-electron chi connectivity index (χ1n) is 6.84. The quantitative estimate of drug-likeness (QED) is 0.744. The summed E-state index contributed by atoms with van der Waals surface area (Å²) in [6, 6.07) is 10.1. The van der Waals surface area contributed by atoms with E-state index in [1.165, 1.54) is 6.07 Å². The molecule has 114 valence electrons. The maximum atomic E-state index is 13.4. The summed E-state index contributed by atoms with van der Waals surface area (Å²) in [7, 11) is 0. The fourth-order valence-corrected chi connectivity index (χ4v) is 2.96. The largest absolute Gasteiger partial charge is 0.464 e. The van der Waals surface area contributed by atoms with E-state index in [1.807, 2.05) is 19.1 Å². The predicted molar refractivity (Wildman–Crippen MR) is 87.4 cm³/mol. The van der Waals surface area contributed by atoms with Crippen molar-refractivity contribution in [1.29, 1.82) is 0 Å². The monoisotopic (exact) mass is 337 g/mol. The minimum absolute atomic E-state index is 0.244. The highest BCUT2D eigenvalue weighted by Crippen LogP contribution is 2.35. The van der Waals surface area contributed by atoms with Crippen molar-refractivity contribution < 1.29 is 9.13 Å². The number of ether oxygens (including phenoxy) is 1. The molecule has 1 atom stereocenters. The molecule has 2 aromatic rings. The highest BCUT2D eigenvalue weighted by Gasteiger charge is 2.36. The van der Waals surface area contributed by atoms with Crippen molar-refractivity contribution in [2.24, 2.45) is 4.99 Å². The Labute approximate surface area is 138 Å². The van der Waals surface area contributed by atoms with Crippen molar-refractivity contribution in [1.82, 2.24) is 0 Å². The maximum Gasteiger partial charge on any atom is 0.217 e. The number of hydrogen-bond donors (Lipinski definition) is 0. The van der Waals surface area contributed by atoms with Gasteiger partial charge in [0, 0.05) is 15.6 Å². The van der Waals surface area contributed by atoms with Crippen molar-refractivity contribution in [2.45, 2.75) is 19.4 Å². The summed E-state index contributed by atoms with van der Waals surface area (Å²) < 4.78 is 19.4.